The second kappa shape index (κ2) is 24.2. The Labute approximate surface area is 106 Å². The minimum Gasteiger partial charge on any atom is -0.369 e. The summed E-state index contributed by atoms with van der Waals surface area (Å²) in [6.45, 7) is 12.6. The number of aromatic nitrogens is 1. The van der Waals surface area contributed by atoms with Gasteiger partial charge in [0, 0.05) is 12.4 Å². The van der Waals surface area contributed by atoms with Gasteiger partial charge in [-0.05, 0) is 17.7 Å². The molecule has 0 fully saturated rings. The van der Waals surface area contributed by atoms with E-state index in [-0.39, 0.29) is 6.61 Å². The number of rotatable bonds is 4. The molecule has 0 radical (unpaired) electrons. The molecule has 0 saturated carbocycles. The monoisotopic (exact) mass is 241 g/mol. The maximum atomic E-state index is 9.86. The summed E-state index contributed by atoms with van der Waals surface area (Å²) in [5, 5.41) is 0. The average molecular weight is 241 g/mol. The highest BCUT2D eigenvalue weighted by Gasteiger charge is 1.89. The number of aldehydes is 1. The largest absolute Gasteiger partial charge is 0.369 e. The second-order valence-electron chi connectivity index (χ2n) is 2.04. The van der Waals surface area contributed by atoms with Crippen LogP contribution in [0.1, 0.15) is 47.1 Å². The van der Waals surface area contributed by atoms with Gasteiger partial charge in [-0.2, -0.15) is 0 Å². The number of carbonyl (C=O) groups excluding carboxylic acids is 1. The van der Waals surface area contributed by atoms with Gasteiger partial charge in [-0.25, -0.2) is 0 Å². The third kappa shape index (κ3) is 17.4. The third-order valence-electron chi connectivity index (χ3n) is 1.20. The quantitative estimate of drug-likeness (QED) is 0.593. The Morgan fingerprint density at radius 3 is 1.94 bits per heavy atom. The smallest absolute Gasteiger partial charge is 0.145 e. The van der Waals surface area contributed by atoms with Crippen molar-refractivity contribution in [1.29, 1.82) is 0 Å². The predicted octanol–water partition coefficient (Wildman–Crippen LogP) is 3.88. The standard InChI is InChI=1S/C8H9NO2.3C2H6/c10-5-6-11-7-8-1-3-9-4-2-8;3*1-2/h1-5H,6-7H2;3*1-2H3. The molecule has 0 aliphatic rings. The molecule has 3 heteroatoms. The zero-order valence-corrected chi connectivity index (χ0v) is 12.1. The minimum absolute atomic E-state index is 0.155. The fraction of sp³-hybridized carbons (Fsp3) is 0.571. The average Bonchev–Trinajstić information content (AvgIpc) is 2.47. The number of nitrogens with zero attached hydrogens (tertiary/aromatic N) is 1. The Morgan fingerprint density at radius 2 is 1.53 bits per heavy atom. The minimum atomic E-state index is 0.155. The number of carbonyl (C=O) groups is 1. The Morgan fingerprint density at radius 1 is 1.06 bits per heavy atom. The lowest BCUT2D eigenvalue weighted by Gasteiger charge is -1.98. The first kappa shape index (κ1) is 21.1. The van der Waals surface area contributed by atoms with Crippen LogP contribution in [0.15, 0.2) is 24.5 Å². The molecule has 1 rings (SSSR count). The molecule has 0 amide bonds. The third-order valence-corrected chi connectivity index (χ3v) is 1.20. The van der Waals surface area contributed by atoms with Gasteiger partial charge in [0.05, 0.1) is 6.61 Å². The maximum Gasteiger partial charge on any atom is 0.145 e. The van der Waals surface area contributed by atoms with Crippen LogP contribution in [0.4, 0.5) is 0 Å². The first-order chi connectivity index (χ1) is 8.43. The summed E-state index contributed by atoms with van der Waals surface area (Å²) in [7, 11) is 0. The van der Waals surface area contributed by atoms with E-state index in [0.717, 1.165) is 11.8 Å². The van der Waals surface area contributed by atoms with Gasteiger partial charge in [0.1, 0.15) is 12.9 Å². The van der Waals surface area contributed by atoms with Gasteiger partial charge in [0.25, 0.3) is 0 Å². The molecule has 0 aliphatic carbocycles. The van der Waals surface area contributed by atoms with Crippen LogP contribution < -0.4 is 0 Å². The van der Waals surface area contributed by atoms with Gasteiger partial charge < -0.3 is 9.53 Å². The van der Waals surface area contributed by atoms with E-state index >= 15 is 0 Å². The molecule has 3 nitrogen and oxygen atoms in total. The molecular formula is C14H27NO2. The van der Waals surface area contributed by atoms with E-state index in [4.69, 9.17) is 4.74 Å². The van der Waals surface area contributed by atoms with E-state index in [9.17, 15) is 4.79 Å². The number of ether oxygens (including phenoxy) is 1. The lowest BCUT2D eigenvalue weighted by Crippen LogP contribution is -1.95. The molecule has 0 N–H and O–H groups in total. The van der Waals surface area contributed by atoms with Crippen molar-refractivity contribution in [2.45, 2.75) is 48.1 Å². The zero-order valence-electron chi connectivity index (χ0n) is 12.1. The first-order valence-corrected chi connectivity index (χ1v) is 6.34. The fourth-order valence-corrected chi connectivity index (χ4v) is 0.704. The molecular weight excluding hydrogens is 214 g/mol. The zero-order chi connectivity index (χ0) is 13.9. The van der Waals surface area contributed by atoms with Crippen LogP contribution in [0.3, 0.4) is 0 Å². The maximum absolute atomic E-state index is 9.86. The summed E-state index contributed by atoms with van der Waals surface area (Å²) in [5.74, 6) is 0. The van der Waals surface area contributed by atoms with Gasteiger partial charge in [0.2, 0.25) is 0 Å². The van der Waals surface area contributed by atoms with Crippen LogP contribution in [-0.2, 0) is 16.1 Å². The SMILES string of the molecule is CC.CC.CC.O=CCOCc1ccncc1. The highest BCUT2D eigenvalue weighted by atomic mass is 16.5. The van der Waals surface area contributed by atoms with Crippen molar-refractivity contribution in [3.63, 3.8) is 0 Å². The molecule has 0 saturated heterocycles. The summed E-state index contributed by atoms with van der Waals surface area (Å²) < 4.78 is 4.97. The topological polar surface area (TPSA) is 39.2 Å². The second-order valence-corrected chi connectivity index (χ2v) is 2.04. The molecule has 0 atom stereocenters. The molecule has 0 bridgehead atoms. The summed E-state index contributed by atoms with van der Waals surface area (Å²) in [6.07, 6.45) is 4.13. The van der Waals surface area contributed by atoms with Crippen molar-refractivity contribution >= 4 is 6.29 Å². The van der Waals surface area contributed by atoms with Crippen molar-refractivity contribution in [3.8, 4) is 0 Å². The summed E-state index contributed by atoms with van der Waals surface area (Å²) in [6, 6.07) is 3.70. The summed E-state index contributed by atoms with van der Waals surface area (Å²) in [4.78, 5) is 13.7. The lowest BCUT2D eigenvalue weighted by molar-refractivity contribution is -0.112. The summed E-state index contributed by atoms with van der Waals surface area (Å²) in [5.41, 5.74) is 1.03. The molecule has 100 valence electrons. The van der Waals surface area contributed by atoms with Gasteiger partial charge >= 0.3 is 0 Å². The van der Waals surface area contributed by atoms with Crippen LogP contribution >= 0.6 is 0 Å². The van der Waals surface area contributed by atoms with Crippen LogP contribution in [0.5, 0.6) is 0 Å². The molecule has 0 aliphatic heterocycles. The number of pyridine rings is 1. The molecule has 1 aromatic rings. The fourth-order valence-electron chi connectivity index (χ4n) is 0.704. The van der Waals surface area contributed by atoms with Crippen molar-refractivity contribution in [2.75, 3.05) is 6.61 Å². The van der Waals surface area contributed by atoms with Crippen molar-refractivity contribution in [1.82, 2.24) is 4.98 Å². The molecule has 0 spiro atoms. The lowest BCUT2D eigenvalue weighted by atomic mass is 10.3. The van der Waals surface area contributed by atoms with E-state index < -0.39 is 0 Å². The van der Waals surface area contributed by atoms with E-state index in [0.29, 0.717) is 6.61 Å². The van der Waals surface area contributed by atoms with E-state index in [1.807, 2.05) is 53.7 Å². The summed E-state index contributed by atoms with van der Waals surface area (Å²) >= 11 is 0. The molecule has 1 aromatic heterocycles. The Bertz CT molecular complexity index is 213. The Hall–Kier alpha value is -1.22. The van der Waals surface area contributed by atoms with Crippen LogP contribution in [0.25, 0.3) is 0 Å². The van der Waals surface area contributed by atoms with Crippen LogP contribution in [0.2, 0.25) is 0 Å². The highest BCUT2D eigenvalue weighted by molar-refractivity contribution is 5.50. The highest BCUT2D eigenvalue weighted by Crippen LogP contribution is 1.97. The van der Waals surface area contributed by atoms with Gasteiger partial charge in [-0.1, -0.05) is 41.5 Å². The Kier molecular flexibility index (Phi) is 30.0. The molecule has 0 aromatic carbocycles. The molecule has 0 unspecified atom stereocenters. The van der Waals surface area contributed by atoms with E-state index in [2.05, 4.69) is 4.98 Å². The predicted molar refractivity (Wildman–Crippen MR) is 74.0 cm³/mol. The van der Waals surface area contributed by atoms with E-state index in [1.165, 1.54) is 0 Å². The normalized spacial score (nSPS) is 7.18. The van der Waals surface area contributed by atoms with E-state index in [1.54, 1.807) is 12.4 Å². The van der Waals surface area contributed by atoms with Crippen molar-refractivity contribution in [2.24, 2.45) is 0 Å². The van der Waals surface area contributed by atoms with Gasteiger partial charge in [-0.3, -0.25) is 4.98 Å². The Balaban J connectivity index is -0.000000285. The van der Waals surface area contributed by atoms with Crippen molar-refractivity contribution < 1.29 is 9.53 Å². The number of hydrogen-bond acceptors (Lipinski definition) is 3. The van der Waals surface area contributed by atoms with Crippen LogP contribution in [-0.4, -0.2) is 17.9 Å². The molecule has 17 heavy (non-hydrogen) atoms. The van der Waals surface area contributed by atoms with Crippen LogP contribution in [0, 0.1) is 0 Å². The van der Waals surface area contributed by atoms with Crippen molar-refractivity contribution in [3.05, 3.63) is 30.1 Å². The van der Waals surface area contributed by atoms with Gasteiger partial charge in [0.15, 0.2) is 0 Å². The van der Waals surface area contributed by atoms with Gasteiger partial charge in [-0.15, -0.1) is 0 Å². The molecule has 1 heterocycles. The number of hydrogen-bond donors (Lipinski definition) is 0. The first-order valence-electron chi connectivity index (χ1n) is 6.34.